The lowest BCUT2D eigenvalue weighted by Gasteiger charge is -2.36. The molecular formula is C41H49N5O6. The number of aryl methyl sites for hydroxylation is 1. The Bertz CT molecular complexity index is 1970. The van der Waals surface area contributed by atoms with E-state index in [4.69, 9.17) is 28.3 Å². The summed E-state index contributed by atoms with van der Waals surface area (Å²) in [6.45, 7) is 6.80. The number of carbonyl (C=O) groups is 1. The molecule has 0 radical (unpaired) electrons. The number of carbonyl (C=O) groups excluding carboxylic acids is 1. The number of anilines is 1. The number of imidazole rings is 1. The second-order valence-electron chi connectivity index (χ2n) is 13.9. The Morgan fingerprint density at radius 2 is 1.63 bits per heavy atom. The first-order valence-corrected chi connectivity index (χ1v) is 18.1. The van der Waals surface area contributed by atoms with E-state index in [0.717, 1.165) is 79.6 Å². The van der Waals surface area contributed by atoms with Crippen molar-refractivity contribution in [2.24, 2.45) is 0 Å². The average Bonchev–Trinajstić information content (AvgIpc) is 3.91. The summed E-state index contributed by atoms with van der Waals surface area (Å²) in [6.07, 6.45) is 3.85. The fraction of sp³-hybridized carbons (Fsp3) is 0.415. The quantitative estimate of drug-likeness (QED) is 0.142. The lowest BCUT2D eigenvalue weighted by molar-refractivity contribution is 0.0779. The summed E-state index contributed by atoms with van der Waals surface area (Å²) < 4.78 is 30.2. The summed E-state index contributed by atoms with van der Waals surface area (Å²) in [6, 6.07) is 24.5. The van der Waals surface area contributed by atoms with Gasteiger partial charge in [0.15, 0.2) is 11.5 Å². The Morgan fingerprint density at radius 1 is 0.904 bits per heavy atom. The molecule has 3 aromatic carbocycles. The topological polar surface area (TPSA) is 103 Å². The number of fused-ring (bicyclic) bond motifs is 1. The van der Waals surface area contributed by atoms with Gasteiger partial charge >= 0.3 is 0 Å². The number of aromatic nitrogens is 2. The van der Waals surface area contributed by atoms with Crippen LogP contribution in [0.25, 0.3) is 11.0 Å². The summed E-state index contributed by atoms with van der Waals surface area (Å²) >= 11 is 0. The summed E-state index contributed by atoms with van der Waals surface area (Å²) in [5.41, 5.74) is 3.63. The number of para-hydroxylation sites is 2. The SMILES string of the molecule is COc1ccc(C2(CCN3CCC(Nc4nc5ccccc5n4Cc4ccc(C)o4)CC3)CCN(C(=O)c3cc(OC)c(OC)c(OC)c3)C2)cc1. The Balaban J connectivity index is 1.03. The number of nitrogens with one attached hydrogen (secondary N) is 1. The summed E-state index contributed by atoms with van der Waals surface area (Å²) in [7, 11) is 6.38. The normalized spacial score (nSPS) is 18.1. The number of nitrogens with zero attached hydrogens (tertiary/aromatic N) is 4. The Hall–Kier alpha value is -5.16. The molecule has 0 saturated carbocycles. The molecule has 52 heavy (non-hydrogen) atoms. The molecule has 0 spiro atoms. The molecule has 5 aromatic rings. The monoisotopic (exact) mass is 707 g/mol. The zero-order chi connectivity index (χ0) is 36.2. The van der Waals surface area contributed by atoms with Crippen molar-refractivity contribution in [1.82, 2.24) is 19.4 Å². The lowest BCUT2D eigenvalue weighted by Crippen LogP contribution is -2.42. The maximum Gasteiger partial charge on any atom is 0.254 e. The minimum Gasteiger partial charge on any atom is -0.497 e. The summed E-state index contributed by atoms with van der Waals surface area (Å²) in [5.74, 6) is 4.89. The van der Waals surface area contributed by atoms with Gasteiger partial charge in [0, 0.05) is 43.2 Å². The smallest absolute Gasteiger partial charge is 0.254 e. The highest BCUT2D eigenvalue weighted by Gasteiger charge is 2.42. The number of amides is 1. The van der Waals surface area contributed by atoms with Crippen molar-refractivity contribution in [3.05, 3.63) is 95.4 Å². The van der Waals surface area contributed by atoms with Crippen LogP contribution in [-0.2, 0) is 12.0 Å². The molecule has 7 rings (SSSR count). The fourth-order valence-corrected chi connectivity index (χ4v) is 7.89. The third kappa shape index (κ3) is 7.14. The number of ether oxygens (including phenoxy) is 4. The minimum atomic E-state index is -0.188. The number of hydrogen-bond donors (Lipinski definition) is 1. The molecule has 4 heterocycles. The number of methoxy groups -OCH3 is 4. The van der Waals surface area contributed by atoms with Gasteiger partial charge in [0.1, 0.15) is 17.3 Å². The average molecular weight is 708 g/mol. The molecule has 2 aliphatic heterocycles. The first kappa shape index (κ1) is 35.3. The van der Waals surface area contributed by atoms with Crippen LogP contribution in [0, 0.1) is 6.92 Å². The van der Waals surface area contributed by atoms with E-state index in [1.54, 1.807) is 40.6 Å². The molecule has 1 unspecified atom stereocenters. The molecule has 11 heteroatoms. The Labute approximate surface area is 305 Å². The predicted octanol–water partition coefficient (Wildman–Crippen LogP) is 6.77. The van der Waals surface area contributed by atoms with Gasteiger partial charge in [-0.05, 0) is 93.2 Å². The van der Waals surface area contributed by atoms with E-state index in [1.807, 2.05) is 42.2 Å². The number of hydrogen-bond acceptors (Lipinski definition) is 9. The highest BCUT2D eigenvalue weighted by atomic mass is 16.5. The van der Waals surface area contributed by atoms with Crippen molar-refractivity contribution in [2.75, 3.05) is 66.5 Å². The van der Waals surface area contributed by atoms with Gasteiger partial charge in [0.2, 0.25) is 11.7 Å². The molecule has 1 N–H and O–H groups in total. The fourth-order valence-electron chi connectivity index (χ4n) is 7.89. The van der Waals surface area contributed by atoms with Crippen LogP contribution in [0.4, 0.5) is 5.95 Å². The number of rotatable bonds is 13. The molecular weight excluding hydrogens is 658 g/mol. The molecule has 2 aromatic heterocycles. The summed E-state index contributed by atoms with van der Waals surface area (Å²) in [4.78, 5) is 23.5. The highest BCUT2D eigenvalue weighted by molar-refractivity contribution is 5.96. The van der Waals surface area contributed by atoms with Crippen LogP contribution in [-0.4, -0.2) is 92.5 Å². The van der Waals surface area contributed by atoms with Crippen LogP contribution in [0.15, 0.2) is 77.2 Å². The van der Waals surface area contributed by atoms with Crippen molar-refractivity contribution < 1.29 is 28.2 Å². The maximum atomic E-state index is 14.0. The largest absolute Gasteiger partial charge is 0.497 e. The predicted molar refractivity (Wildman–Crippen MR) is 201 cm³/mol. The Morgan fingerprint density at radius 3 is 2.29 bits per heavy atom. The van der Waals surface area contributed by atoms with Crippen LogP contribution < -0.4 is 24.3 Å². The molecule has 2 fully saturated rings. The van der Waals surface area contributed by atoms with E-state index >= 15 is 0 Å². The van der Waals surface area contributed by atoms with Crippen LogP contribution in [0.5, 0.6) is 23.0 Å². The van der Waals surface area contributed by atoms with Gasteiger partial charge in [0.25, 0.3) is 5.91 Å². The number of benzene rings is 3. The first-order valence-electron chi connectivity index (χ1n) is 18.1. The third-order valence-corrected chi connectivity index (χ3v) is 10.8. The highest BCUT2D eigenvalue weighted by Crippen LogP contribution is 2.42. The third-order valence-electron chi connectivity index (χ3n) is 10.8. The van der Waals surface area contributed by atoms with Gasteiger partial charge < -0.3 is 43.0 Å². The number of furan rings is 1. The molecule has 0 bridgehead atoms. The van der Waals surface area contributed by atoms with E-state index in [2.05, 4.69) is 45.1 Å². The molecule has 2 aliphatic rings. The number of piperidine rings is 1. The van der Waals surface area contributed by atoms with Gasteiger partial charge in [-0.1, -0.05) is 24.3 Å². The minimum absolute atomic E-state index is 0.0465. The van der Waals surface area contributed by atoms with E-state index in [9.17, 15) is 4.79 Å². The zero-order valence-corrected chi connectivity index (χ0v) is 30.8. The summed E-state index contributed by atoms with van der Waals surface area (Å²) in [5, 5.41) is 3.79. The molecule has 1 amide bonds. The van der Waals surface area contributed by atoms with Gasteiger partial charge in [-0.25, -0.2) is 4.98 Å². The van der Waals surface area contributed by atoms with Gasteiger partial charge in [-0.15, -0.1) is 0 Å². The molecule has 0 aliphatic carbocycles. The first-order chi connectivity index (χ1) is 25.3. The molecule has 2 saturated heterocycles. The van der Waals surface area contributed by atoms with E-state index in [0.29, 0.717) is 48.5 Å². The number of likely N-dealkylation sites (tertiary alicyclic amines) is 2. The van der Waals surface area contributed by atoms with Crippen molar-refractivity contribution in [3.8, 4) is 23.0 Å². The van der Waals surface area contributed by atoms with Crippen molar-refractivity contribution in [2.45, 2.75) is 50.6 Å². The van der Waals surface area contributed by atoms with Crippen LogP contribution >= 0.6 is 0 Å². The molecule has 11 nitrogen and oxygen atoms in total. The lowest BCUT2D eigenvalue weighted by atomic mass is 9.76. The van der Waals surface area contributed by atoms with E-state index < -0.39 is 0 Å². The standard InChI is InChI=1S/C41H49N5O6/c1-28-10-13-33(52-28)26-46-35-9-7-6-8-34(35)43-40(46)42-31-16-20-44(21-17-31)22-18-41(30-11-14-32(48-2)15-12-30)19-23-45(27-41)39(47)29-24-36(49-3)38(51-5)37(25-29)50-4/h6-15,24-25,31H,16-23,26-27H2,1-5H3,(H,42,43). The Kier molecular flexibility index (Phi) is 10.3. The van der Waals surface area contributed by atoms with Crippen molar-refractivity contribution in [1.29, 1.82) is 0 Å². The van der Waals surface area contributed by atoms with Gasteiger partial charge in [-0.3, -0.25) is 4.79 Å². The second kappa shape index (κ2) is 15.2. The second-order valence-corrected chi connectivity index (χ2v) is 13.9. The molecule has 274 valence electrons. The molecule has 1 atom stereocenters. The van der Waals surface area contributed by atoms with Gasteiger partial charge in [-0.2, -0.15) is 0 Å². The van der Waals surface area contributed by atoms with E-state index in [1.165, 1.54) is 5.56 Å². The van der Waals surface area contributed by atoms with Gasteiger partial charge in [0.05, 0.1) is 46.0 Å². The van der Waals surface area contributed by atoms with E-state index in [-0.39, 0.29) is 11.3 Å². The van der Waals surface area contributed by atoms with Crippen LogP contribution in [0.1, 0.15) is 53.1 Å². The zero-order valence-electron chi connectivity index (χ0n) is 30.8. The van der Waals surface area contributed by atoms with Crippen molar-refractivity contribution in [3.63, 3.8) is 0 Å². The van der Waals surface area contributed by atoms with Crippen LogP contribution in [0.2, 0.25) is 0 Å². The van der Waals surface area contributed by atoms with Crippen molar-refractivity contribution >= 4 is 22.9 Å². The van der Waals surface area contributed by atoms with Crippen LogP contribution in [0.3, 0.4) is 0 Å². The maximum absolute atomic E-state index is 14.0.